The van der Waals surface area contributed by atoms with Gasteiger partial charge in [0.25, 0.3) is 0 Å². The third kappa shape index (κ3) is 14.1. The lowest BCUT2D eigenvalue weighted by molar-refractivity contribution is 0.568. The van der Waals surface area contributed by atoms with Crippen molar-refractivity contribution in [2.24, 2.45) is 0 Å². The second-order valence-electron chi connectivity index (χ2n) is 28.9. The molecule has 24 aromatic rings. The highest BCUT2D eigenvalue weighted by molar-refractivity contribution is 6.02. The first-order chi connectivity index (χ1) is 61.1. The molecule has 0 saturated carbocycles. The van der Waals surface area contributed by atoms with Crippen molar-refractivity contribution in [2.45, 2.75) is 13.5 Å². The van der Waals surface area contributed by atoms with Gasteiger partial charge < -0.3 is 53.6 Å². The molecule has 24 aromatic heterocycles. The average molecular weight is 1630 g/mol. The summed E-state index contributed by atoms with van der Waals surface area (Å²) < 4.78 is 20.9. The molecule has 0 atom stereocenters. The van der Waals surface area contributed by atoms with Gasteiger partial charge in [-0.05, 0) is 84.9 Å². The fourth-order valence-electron chi connectivity index (χ4n) is 14.7. The van der Waals surface area contributed by atoms with E-state index in [1.165, 1.54) is 0 Å². The standard InChI is InChI=1S/C24H20N8O.C23H18N8O.C21H14N8O.C21H13N7O/c1-2-25-7-14-5-16(9-26-8-14)17-6-18-22(31-32-23(18)28-10-17)24-29-20-12-27-11-19(21(20)30-24)15-3-4-33-13-15;1-31(2)16-5-14(7-24-9-16)15-6-17-21(29-30-22(17)26-8-15)23-27-19-11-25-10-18(20(19)28-23)13-3-4-32-12-13;22-14-3-12(5-23-7-14)13-4-15-19(28-29-20(15)25-6-13)21-26-17-9-24-8-16(18(17)27-21)11-1-2-30-10-11;1-2-12(7-22-4-1)14-6-15-19(27-28-20(15)24-8-14)21-25-17-10-23-9-16(18(17)26-21)13-3-5-29-11-13/h3-6,8-13,25H,2,7H2,1H3,(H,29,30)(H,28,31,32);3-12H,1-2H3,(H,27,28)(H,26,29,30);1-10H,22H2,(H,26,27)(H,25,28,29);1-11H,(H,25,26)(H,24,27,28). The van der Waals surface area contributed by atoms with Gasteiger partial charge in [0.15, 0.2) is 45.9 Å². The van der Waals surface area contributed by atoms with Gasteiger partial charge in [-0.3, -0.25) is 60.3 Å². The summed E-state index contributed by atoms with van der Waals surface area (Å²) in [6.07, 6.45) is 48.9. The van der Waals surface area contributed by atoms with Crippen LogP contribution in [0.3, 0.4) is 0 Å². The van der Waals surface area contributed by atoms with Crippen LogP contribution in [-0.2, 0) is 6.54 Å². The number of hydrogen-bond donors (Lipinski definition) is 10. The van der Waals surface area contributed by atoms with E-state index >= 15 is 0 Å². The van der Waals surface area contributed by atoms with Crippen molar-refractivity contribution in [3.8, 4) is 135 Å². The van der Waals surface area contributed by atoms with Gasteiger partial charge in [0.05, 0.1) is 136 Å². The molecule has 24 rings (SSSR count). The Labute approximate surface area is 697 Å². The Hall–Kier alpha value is -17.8. The zero-order valence-electron chi connectivity index (χ0n) is 65.7. The van der Waals surface area contributed by atoms with Crippen LogP contribution in [-0.4, -0.2) is 161 Å². The molecule has 11 N–H and O–H groups in total. The Balaban J connectivity index is 0.000000101. The van der Waals surface area contributed by atoms with Crippen molar-refractivity contribution in [3.63, 3.8) is 0 Å². The normalized spacial score (nSPS) is 11.5. The van der Waals surface area contributed by atoms with Crippen molar-refractivity contribution in [3.05, 3.63) is 258 Å². The highest BCUT2D eigenvalue weighted by Crippen LogP contribution is 2.39. The molecule has 0 spiro atoms. The molecule has 35 nitrogen and oxygen atoms in total. The highest BCUT2D eigenvalue weighted by Gasteiger charge is 2.24. The van der Waals surface area contributed by atoms with Crippen molar-refractivity contribution < 1.29 is 17.7 Å². The van der Waals surface area contributed by atoms with Gasteiger partial charge in [-0.15, -0.1) is 0 Å². The summed E-state index contributed by atoms with van der Waals surface area (Å²) in [6.45, 7) is 3.77. The van der Waals surface area contributed by atoms with E-state index in [9.17, 15) is 0 Å². The number of aromatic nitrogens is 28. The summed E-state index contributed by atoms with van der Waals surface area (Å²) in [5, 5.41) is 36.5. The number of anilines is 2. The molecule has 124 heavy (non-hydrogen) atoms. The van der Waals surface area contributed by atoms with Crippen LogP contribution >= 0.6 is 0 Å². The first-order valence-electron chi connectivity index (χ1n) is 38.8. The monoisotopic (exact) mass is 1630 g/mol. The largest absolute Gasteiger partial charge is 0.472 e. The molecule has 0 aliphatic rings. The van der Waals surface area contributed by atoms with Crippen LogP contribution in [0.4, 0.5) is 11.4 Å². The van der Waals surface area contributed by atoms with Crippen molar-refractivity contribution in [1.29, 1.82) is 0 Å². The maximum atomic E-state index is 5.88. The van der Waals surface area contributed by atoms with Crippen LogP contribution in [0.25, 0.3) is 223 Å². The SMILES string of the molecule is CCNCc1cncc(-c2cnc3n[nH]c(-c4nc5c(-c6ccoc6)cncc5[nH]4)c3c2)c1.CN(C)c1cncc(-c2cnc3n[nH]c(-c4nc5c(-c6ccoc6)cncc5[nH]4)c3c2)c1.Nc1cncc(-c2cnc3n[nH]c(-c4nc5c(-c6ccoc6)cncc5[nH]4)c3c2)c1.c1cncc(-c2cnc3n[nH]c(-c4nc5c(-c6ccoc6)cncc5[nH]4)c3c2)c1. The van der Waals surface area contributed by atoms with Crippen LogP contribution < -0.4 is 16.0 Å². The number of aromatic amines is 8. The van der Waals surface area contributed by atoms with E-state index in [-0.39, 0.29) is 0 Å². The van der Waals surface area contributed by atoms with E-state index in [0.717, 1.165) is 202 Å². The van der Waals surface area contributed by atoms with Crippen LogP contribution in [0.2, 0.25) is 0 Å². The maximum Gasteiger partial charge on any atom is 0.181 e. The zero-order chi connectivity index (χ0) is 83.1. The fraction of sp³-hybridized carbons (Fsp3) is 0.0562. The van der Waals surface area contributed by atoms with Gasteiger partial charge >= 0.3 is 0 Å². The third-order valence-electron chi connectivity index (χ3n) is 20.9. The van der Waals surface area contributed by atoms with Crippen LogP contribution in [0.1, 0.15) is 12.5 Å². The number of H-pyrrole nitrogens is 8. The number of rotatable bonds is 16. The van der Waals surface area contributed by atoms with Gasteiger partial charge in [0, 0.05) is 203 Å². The quantitative estimate of drug-likeness (QED) is 0.0429. The topological polar surface area (TPSA) is 478 Å². The summed E-state index contributed by atoms with van der Waals surface area (Å²) in [7, 11) is 3.98. The minimum atomic E-state index is 0.594. The van der Waals surface area contributed by atoms with E-state index in [1.54, 1.807) is 131 Å². The number of nitrogen functional groups attached to an aromatic ring is 1. The van der Waals surface area contributed by atoms with Gasteiger partial charge in [0.1, 0.15) is 44.8 Å². The Morgan fingerprint density at radius 1 is 0.339 bits per heavy atom. The molecule has 35 heteroatoms. The van der Waals surface area contributed by atoms with Crippen molar-refractivity contribution in [2.75, 3.05) is 31.3 Å². The van der Waals surface area contributed by atoms with Crippen LogP contribution in [0.15, 0.2) is 271 Å². The van der Waals surface area contributed by atoms with Gasteiger partial charge in [-0.25, -0.2) is 39.9 Å². The van der Waals surface area contributed by atoms with E-state index in [0.29, 0.717) is 51.6 Å². The predicted octanol–water partition coefficient (Wildman–Crippen LogP) is 16.6. The van der Waals surface area contributed by atoms with Gasteiger partial charge in [0.2, 0.25) is 0 Å². The molecule has 600 valence electrons. The van der Waals surface area contributed by atoms with E-state index in [4.69, 9.17) is 43.3 Å². The minimum absolute atomic E-state index is 0.594. The lowest BCUT2D eigenvalue weighted by atomic mass is 10.1. The summed E-state index contributed by atoms with van der Waals surface area (Å²) in [5.74, 6) is 2.66. The molecule has 0 amide bonds. The molecule has 0 radical (unpaired) electrons. The summed E-state index contributed by atoms with van der Waals surface area (Å²) in [5.41, 5.74) is 35.6. The second-order valence-corrected chi connectivity index (χ2v) is 28.9. The average Bonchev–Trinajstić information content (AvgIpc) is 1.63. The Bertz CT molecular complexity index is 7950. The Kier molecular flexibility index (Phi) is 18.8. The lowest BCUT2D eigenvalue weighted by Gasteiger charge is -2.12. The first-order valence-corrected chi connectivity index (χ1v) is 38.8. The lowest BCUT2D eigenvalue weighted by Crippen LogP contribution is -2.11. The number of furan rings is 4. The maximum absolute atomic E-state index is 5.88. The molecule has 0 aliphatic heterocycles. The molecular weight excluding hydrogens is 1570 g/mol. The molecular formula is C89H65N31O4. The second kappa shape index (κ2) is 31.6. The highest BCUT2D eigenvalue weighted by atomic mass is 16.3. The molecule has 0 aromatic carbocycles. The van der Waals surface area contributed by atoms with Gasteiger partial charge in [-0.1, -0.05) is 13.0 Å². The third-order valence-corrected chi connectivity index (χ3v) is 20.9. The Morgan fingerprint density at radius 2 is 0.677 bits per heavy atom. The molecule has 0 aliphatic carbocycles. The summed E-state index contributed by atoms with van der Waals surface area (Å²) in [4.78, 5) is 87.2. The Morgan fingerprint density at radius 3 is 1.02 bits per heavy atom. The molecule has 0 unspecified atom stereocenters. The molecule has 24 heterocycles. The van der Waals surface area contributed by atoms with Gasteiger partial charge in [-0.2, -0.15) is 20.4 Å². The first kappa shape index (κ1) is 73.8. The number of pyridine rings is 12. The zero-order valence-corrected chi connectivity index (χ0v) is 65.7. The minimum Gasteiger partial charge on any atom is -0.472 e. The molecule has 0 bridgehead atoms. The smallest absolute Gasteiger partial charge is 0.181 e. The van der Waals surface area contributed by atoms with E-state index < -0.39 is 0 Å². The summed E-state index contributed by atoms with van der Waals surface area (Å²) >= 11 is 0. The van der Waals surface area contributed by atoms with Crippen molar-refractivity contribution in [1.82, 2.24) is 146 Å². The number of imidazole rings is 4. The van der Waals surface area contributed by atoms with E-state index in [1.807, 2.05) is 117 Å². The predicted molar refractivity (Wildman–Crippen MR) is 467 cm³/mol. The number of nitrogens with zero attached hydrogens (tertiary/aromatic N) is 21. The number of hydrogen-bond acceptors (Lipinski definition) is 27. The number of nitrogens with one attached hydrogen (secondary N) is 9. The van der Waals surface area contributed by atoms with Crippen molar-refractivity contribution >= 4 is 99.6 Å². The van der Waals surface area contributed by atoms with Crippen LogP contribution in [0, 0.1) is 0 Å². The van der Waals surface area contributed by atoms with E-state index in [2.05, 4.69) is 157 Å². The number of nitrogens with two attached hydrogens (primary N) is 1. The molecule has 0 saturated heterocycles. The summed E-state index contributed by atoms with van der Waals surface area (Å²) in [6, 6.07) is 25.7. The van der Waals surface area contributed by atoms with Crippen LogP contribution in [0.5, 0.6) is 0 Å². The molecule has 0 fully saturated rings. The number of fused-ring (bicyclic) bond motifs is 8. The fourth-order valence-corrected chi connectivity index (χ4v) is 14.7.